The number of nitrogens with two attached hydrogens (primary N) is 1. The fourth-order valence-electron chi connectivity index (χ4n) is 2.30. The van der Waals surface area contributed by atoms with Crippen LogP contribution in [0, 0.1) is 3.57 Å². The van der Waals surface area contributed by atoms with Crippen molar-refractivity contribution in [3.05, 3.63) is 52.1 Å². The van der Waals surface area contributed by atoms with E-state index in [0.717, 1.165) is 8.47 Å². The van der Waals surface area contributed by atoms with Crippen molar-refractivity contribution in [1.29, 1.82) is 0 Å². The molecule has 0 radical (unpaired) electrons. The van der Waals surface area contributed by atoms with Gasteiger partial charge in [0.1, 0.15) is 0 Å². The third-order valence-corrected chi connectivity index (χ3v) is 5.38. The summed E-state index contributed by atoms with van der Waals surface area (Å²) in [5.74, 6) is -0.349. The zero-order valence-corrected chi connectivity index (χ0v) is 14.5. The van der Waals surface area contributed by atoms with Crippen molar-refractivity contribution in [2.24, 2.45) is 0 Å². The van der Waals surface area contributed by atoms with Gasteiger partial charge in [0.05, 0.1) is 10.9 Å². The van der Waals surface area contributed by atoms with Crippen LogP contribution in [0.4, 0.5) is 11.4 Å². The van der Waals surface area contributed by atoms with Crippen molar-refractivity contribution < 1.29 is 9.59 Å². The summed E-state index contributed by atoms with van der Waals surface area (Å²) in [4.78, 5) is 26.9. The van der Waals surface area contributed by atoms with Crippen molar-refractivity contribution in [3.63, 3.8) is 0 Å². The molecule has 1 atom stereocenters. The van der Waals surface area contributed by atoms with E-state index in [0.29, 0.717) is 11.4 Å². The Kier molecular flexibility index (Phi) is 4.39. The molecule has 2 aromatic rings. The Balaban J connectivity index is 1.82. The zero-order valence-electron chi connectivity index (χ0n) is 11.5. The molecule has 2 aromatic carbocycles. The van der Waals surface area contributed by atoms with Gasteiger partial charge in [-0.2, -0.15) is 0 Å². The lowest BCUT2D eigenvalue weighted by atomic mass is 10.3. The number of hydrogen-bond acceptors (Lipinski definition) is 4. The van der Waals surface area contributed by atoms with Crippen LogP contribution in [0.5, 0.6) is 0 Å². The molecule has 22 heavy (non-hydrogen) atoms. The van der Waals surface area contributed by atoms with Gasteiger partial charge in [0.25, 0.3) is 0 Å². The van der Waals surface area contributed by atoms with E-state index < -0.39 is 5.25 Å². The predicted octanol–water partition coefficient (Wildman–Crippen LogP) is 3.30. The van der Waals surface area contributed by atoms with Crippen LogP contribution < -0.4 is 10.6 Å². The molecule has 2 N–H and O–H groups in total. The Morgan fingerprint density at radius 2 is 1.77 bits per heavy atom. The van der Waals surface area contributed by atoms with E-state index in [-0.39, 0.29) is 18.2 Å². The average molecular weight is 424 g/mol. The lowest BCUT2D eigenvalue weighted by molar-refractivity contribution is -0.121. The smallest absolute Gasteiger partial charge is 0.247 e. The molecule has 0 saturated carbocycles. The van der Waals surface area contributed by atoms with Gasteiger partial charge >= 0.3 is 0 Å². The third kappa shape index (κ3) is 2.98. The lowest BCUT2D eigenvalue weighted by Crippen LogP contribution is -2.31. The Morgan fingerprint density at radius 3 is 2.45 bits per heavy atom. The second kappa shape index (κ2) is 6.29. The van der Waals surface area contributed by atoms with Gasteiger partial charge < -0.3 is 5.73 Å². The number of halogens is 1. The van der Waals surface area contributed by atoms with Gasteiger partial charge in [0.2, 0.25) is 11.8 Å². The quantitative estimate of drug-likeness (QED) is 0.467. The van der Waals surface area contributed by atoms with E-state index in [2.05, 4.69) is 22.6 Å². The van der Waals surface area contributed by atoms with Crippen LogP contribution in [0.25, 0.3) is 0 Å². The maximum atomic E-state index is 12.6. The van der Waals surface area contributed by atoms with E-state index in [1.807, 2.05) is 30.3 Å². The molecule has 1 fully saturated rings. The molecule has 1 heterocycles. The highest BCUT2D eigenvalue weighted by Crippen LogP contribution is 2.36. The minimum Gasteiger partial charge on any atom is -0.398 e. The van der Waals surface area contributed by atoms with Crippen molar-refractivity contribution in [3.8, 4) is 0 Å². The molecular weight excluding hydrogens is 411 g/mol. The number of amides is 2. The van der Waals surface area contributed by atoms with Gasteiger partial charge in [-0.3, -0.25) is 9.59 Å². The predicted molar refractivity (Wildman–Crippen MR) is 96.8 cm³/mol. The zero-order chi connectivity index (χ0) is 15.7. The summed E-state index contributed by atoms with van der Waals surface area (Å²) in [6.45, 7) is 0. The Morgan fingerprint density at radius 1 is 1.09 bits per heavy atom. The maximum absolute atomic E-state index is 12.6. The molecule has 6 heteroatoms. The van der Waals surface area contributed by atoms with Crippen LogP contribution in [0.2, 0.25) is 0 Å². The molecule has 1 saturated heterocycles. The summed E-state index contributed by atoms with van der Waals surface area (Å²) in [6, 6.07) is 14.7. The number of hydrogen-bond donors (Lipinski definition) is 1. The first-order valence-electron chi connectivity index (χ1n) is 6.70. The molecule has 0 aromatic heterocycles. The molecule has 0 spiro atoms. The highest BCUT2D eigenvalue weighted by atomic mass is 127. The van der Waals surface area contributed by atoms with Crippen LogP contribution in [0.15, 0.2) is 53.4 Å². The molecule has 4 nitrogen and oxygen atoms in total. The first-order chi connectivity index (χ1) is 10.6. The van der Waals surface area contributed by atoms with Gasteiger partial charge in [-0.05, 0) is 59.0 Å². The highest BCUT2D eigenvalue weighted by molar-refractivity contribution is 14.1. The van der Waals surface area contributed by atoms with E-state index in [1.54, 1.807) is 18.2 Å². The fourth-order valence-corrected chi connectivity index (χ4v) is 3.76. The third-order valence-electron chi connectivity index (χ3n) is 3.38. The number of nitrogens with zero attached hydrogens (tertiary/aromatic N) is 1. The first kappa shape index (κ1) is 15.4. The SMILES string of the molecule is Nc1ccccc1S[C@H]1CC(=O)N(c2ccc(I)cc2)C1=O. The molecule has 1 aliphatic heterocycles. The Bertz CT molecular complexity index is 733. The van der Waals surface area contributed by atoms with Crippen molar-refractivity contribution in [2.45, 2.75) is 16.6 Å². The monoisotopic (exact) mass is 424 g/mol. The number of nitrogen functional groups attached to an aromatic ring is 1. The van der Waals surface area contributed by atoms with Crippen molar-refractivity contribution in [1.82, 2.24) is 0 Å². The number of anilines is 2. The normalized spacial score (nSPS) is 18.0. The van der Waals surface area contributed by atoms with E-state index in [4.69, 9.17) is 5.73 Å². The van der Waals surface area contributed by atoms with Crippen LogP contribution in [0.1, 0.15) is 6.42 Å². The highest BCUT2D eigenvalue weighted by Gasteiger charge is 2.40. The van der Waals surface area contributed by atoms with Gasteiger partial charge in [-0.1, -0.05) is 12.1 Å². The molecule has 1 aliphatic rings. The molecule has 3 rings (SSSR count). The number of carbonyl (C=O) groups excluding carboxylic acids is 2. The molecule has 0 unspecified atom stereocenters. The van der Waals surface area contributed by atoms with Crippen LogP contribution in [0.3, 0.4) is 0 Å². The van der Waals surface area contributed by atoms with Gasteiger partial charge in [-0.15, -0.1) is 11.8 Å². The number of benzene rings is 2. The van der Waals surface area contributed by atoms with Gasteiger partial charge in [0, 0.05) is 20.6 Å². The van der Waals surface area contributed by atoms with Gasteiger partial charge in [-0.25, -0.2) is 4.90 Å². The number of imide groups is 1. The van der Waals surface area contributed by atoms with Gasteiger partial charge in [0.15, 0.2) is 0 Å². The standard InChI is InChI=1S/C16H13IN2O2S/c17-10-5-7-11(8-6-10)19-15(20)9-14(16(19)21)22-13-4-2-1-3-12(13)18/h1-8,14H,9,18H2/t14-/m0/s1. The minimum atomic E-state index is -0.420. The fraction of sp³-hybridized carbons (Fsp3) is 0.125. The topological polar surface area (TPSA) is 63.4 Å². The van der Waals surface area contributed by atoms with Crippen LogP contribution in [-0.4, -0.2) is 17.1 Å². The number of para-hydroxylation sites is 1. The largest absolute Gasteiger partial charge is 0.398 e. The molecule has 112 valence electrons. The average Bonchev–Trinajstić information content (AvgIpc) is 2.77. The summed E-state index contributed by atoms with van der Waals surface area (Å²) in [5, 5.41) is -0.420. The van der Waals surface area contributed by atoms with Crippen molar-refractivity contribution >= 4 is 57.5 Å². The summed E-state index contributed by atoms with van der Waals surface area (Å²) < 4.78 is 1.06. The van der Waals surface area contributed by atoms with E-state index in [9.17, 15) is 9.59 Å². The molecule has 0 bridgehead atoms. The maximum Gasteiger partial charge on any atom is 0.247 e. The summed E-state index contributed by atoms with van der Waals surface area (Å²) in [7, 11) is 0. The Hall–Kier alpha value is -1.54. The minimum absolute atomic E-state index is 0.168. The van der Waals surface area contributed by atoms with E-state index in [1.165, 1.54) is 16.7 Å². The van der Waals surface area contributed by atoms with E-state index >= 15 is 0 Å². The second-order valence-corrected chi connectivity index (χ2v) is 7.38. The van der Waals surface area contributed by atoms with Crippen LogP contribution >= 0.6 is 34.4 Å². The second-order valence-electron chi connectivity index (χ2n) is 4.89. The first-order valence-corrected chi connectivity index (χ1v) is 8.65. The number of thioether (sulfide) groups is 1. The Labute approximate surface area is 146 Å². The van der Waals surface area contributed by atoms with Crippen LogP contribution in [-0.2, 0) is 9.59 Å². The summed E-state index contributed by atoms with van der Waals surface area (Å²) in [5.41, 5.74) is 7.16. The molecule has 0 aliphatic carbocycles. The number of rotatable bonds is 3. The van der Waals surface area contributed by atoms with Crippen molar-refractivity contribution in [2.75, 3.05) is 10.6 Å². The summed E-state index contributed by atoms with van der Waals surface area (Å²) >= 11 is 3.54. The number of carbonyl (C=O) groups is 2. The summed E-state index contributed by atoms with van der Waals surface area (Å²) in [6.07, 6.45) is 0.198. The lowest BCUT2D eigenvalue weighted by Gasteiger charge is -2.15. The molecule has 2 amide bonds. The molecular formula is C16H13IN2O2S.